The van der Waals surface area contributed by atoms with E-state index in [9.17, 15) is 9.59 Å². The van der Waals surface area contributed by atoms with Crippen molar-refractivity contribution in [3.8, 4) is 0 Å². The molecule has 0 radical (unpaired) electrons. The van der Waals surface area contributed by atoms with Gasteiger partial charge < -0.3 is 32.7 Å². The van der Waals surface area contributed by atoms with Crippen LogP contribution in [0, 0.1) is 0 Å². The molecule has 8 N–H and O–H groups in total. The molecule has 2 aromatic heterocycles. The Morgan fingerprint density at radius 1 is 1.28 bits per heavy atom. The topological polar surface area (TPSA) is 158 Å². The SMILES string of the molecule is CCCc1cc(N2CCN(C(=O)C(N)CCN)CC2)nc2sc(C(N)=O)c(N)c12. The van der Waals surface area contributed by atoms with E-state index in [1.54, 1.807) is 4.90 Å². The van der Waals surface area contributed by atoms with Gasteiger partial charge in [-0.3, -0.25) is 9.59 Å². The molecule has 29 heavy (non-hydrogen) atoms. The number of hydrogen-bond donors (Lipinski definition) is 4. The van der Waals surface area contributed by atoms with Crippen molar-refractivity contribution in [3.63, 3.8) is 0 Å². The third-order valence-electron chi connectivity index (χ3n) is 5.22. The highest BCUT2D eigenvalue weighted by molar-refractivity contribution is 7.21. The summed E-state index contributed by atoms with van der Waals surface area (Å²) in [5.41, 5.74) is 24.6. The first-order valence-electron chi connectivity index (χ1n) is 9.88. The predicted octanol–water partition coefficient (Wildman–Crippen LogP) is 0.255. The summed E-state index contributed by atoms with van der Waals surface area (Å²) >= 11 is 1.23. The number of thiophene rings is 1. The van der Waals surface area contributed by atoms with Crippen molar-refractivity contribution in [2.24, 2.45) is 17.2 Å². The number of nitrogens with two attached hydrogens (primary N) is 4. The molecule has 3 rings (SSSR count). The van der Waals surface area contributed by atoms with Gasteiger partial charge >= 0.3 is 0 Å². The van der Waals surface area contributed by atoms with Gasteiger partial charge in [-0.2, -0.15) is 0 Å². The molecule has 158 valence electrons. The van der Waals surface area contributed by atoms with Crippen molar-refractivity contribution in [2.45, 2.75) is 32.2 Å². The van der Waals surface area contributed by atoms with Gasteiger partial charge in [0, 0.05) is 31.6 Å². The number of carbonyl (C=O) groups excluding carboxylic acids is 2. The van der Waals surface area contributed by atoms with Gasteiger partial charge in [0.05, 0.1) is 11.7 Å². The number of pyridine rings is 1. The van der Waals surface area contributed by atoms with Gasteiger partial charge in [0.15, 0.2) is 0 Å². The number of carbonyl (C=O) groups is 2. The van der Waals surface area contributed by atoms with Gasteiger partial charge in [0.25, 0.3) is 5.91 Å². The Labute approximate surface area is 174 Å². The van der Waals surface area contributed by atoms with E-state index in [4.69, 9.17) is 27.9 Å². The molecule has 2 amide bonds. The second-order valence-corrected chi connectivity index (χ2v) is 8.27. The van der Waals surface area contributed by atoms with E-state index in [0.717, 1.165) is 34.4 Å². The summed E-state index contributed by atoms with van der Waals surface area (Å²) in [6, 6.07) is 1.50. The van der Waals surface area contributed by atoms with Crippen LogP contribution in [0.1, 0.15) is 35.0 Å². The van der Waals surface area contributed by atoms with Gasteiger partial charge in [0.2, 0.25) is 5.91 Å². The molecule has 1 aliphatic heterocycles. The zero-order valence-corrected chi connectivity index (χ0v) is 17.5. The number of aryl methyl sites for hydroxylation is 1. The van der Waals surface area contributed by atoms with Crippen LogP contribution < -0.4 is 27.8 Å². The quantitative estimate of drug-likeness (QED) is 0.501. The highest BCUT2D eigenvalue weighted by atomic mass is 32.1. The van der Waals surface area contributed by atoms with Crippen LogP contribution in [0.3, 0.4) is 0 Å². The van der Waals surface area contributed by atoms with Crippen LogP contribution >= 0.6 is 11.3 Å². The molecule has 1 fully saturated rings. The molecule has 1 unspecified atom stereocenters. The molecule has 1 atom stereocenters. The van der Waals surface area contributed by atoms with Crippen LogP contribution in [0.2, 0.25) is 0 Å². The van der Waals surface area contributed by atoms with Gasteiger partial charge in [0.1, 0.15) is 15.5 Å². The third-order valence-corrected chi connectivity index (χ3v) is 6.33. The maximum Gasteiger partial charge on any atom is 0.260 e. The zero-order chi connectivity index (χ0) is 21.1. The van der Waals surface area contributed by atoms with Gasteiger partial charge in [-0.15, -0.1) is 11.3 Å². The molecule has 0 aliphatic carbocycles. The minimum absolute atomic E-state index is 0.0534. The van der Waals surface area contributed by atoms with Crippen LogP contribution in [-0.4, -0.2) is 60.5 Å². The van der Waals surface area contributed by atoms with E-state index in [-0.39, 0.29) is 5.91 Å². The molecule has 3 heterocycles. The van der Waals surface area contributed by atoms with Crippen LogP contribution in [0.15, 0.2) is 6.07 Å². The largest absolute Gasteiger partial charge is 0.397 e. The lowest BCUT2D eigenvalue weighted by molar-refractivity contribution is -0.133. The average molecular weight is 420 g/mol. The van der Waals surface area contributed by atoms with E-state index in [1.165, 1.54) is 11.3 Å². The summed E-state index contributed by atoms with van der Waals surface area (Å²) in [5, 5.41) is 0.830. The lowest BCUT2D eigenvalue weighted by Gasteiger charge is -2.36. The fourth-order valence-corrected chi connectivity index (χ4v) is 4.68. The van der Waals surface area contributed by atoms with Crippen molar-refractivity contribution in [2.75, 3.05) is 43.4 Å². The first-order chi connectivity index (χ1) is 13.9. The lowest BCUT2D eigenvalue weighted by atomic mass is 10.1. The number of fused-ring (bicyclic) bond motifs is 1. The van der Waals surface area contributed by atoms with E-state index in [1.807, 2.05) is 6.07 Å². The van der Waals surface area contributed by atoms with Crippen LogP contribution in [0.5, 0.6) is 0 Å². The summed E-state index contributed by atoms with van der Waals surface area (Å²) in [5.74, 6) is 0.245. The Hall–Kier alpha value is -2.43. The molecule has 1 aliphatic rings. The number of rotatable bonds is 7. The first-order valence-corrected chi connectivity index (χ1v) is 10.7. The van der Waals surface area contributed by atoms with Crippen molar-refractivity contribution < 1.29 is 9.59 Å². The van der Waals surface area contributed by atoms with Crippen molar-refractivity contribution in [1.82, 2.24) is 9.88 Å². The Morgan fingerprint density at radius 3 is 2.55 bits per heavy atom. The molecule has 9 nitrogen and oxygen atoms in total. The number of amides is 2. The number of nitrogens with zero attached hydrogens (tertiary/aromatic N) is 3. The second-order valence-electron chi connectivity index (χ2n) is 7.28. The fourth-order valence-electron chi connectivity index (χ4n) is 3.69. The number of anilines is 2. The van der Waals surface area contributed by atoms with Crippen LogP contribution in [0.25, 0.3) is 10.2 Å². The summed E-state index contributed by atoms with van der Waals surface area (Å²) in [7, 11) is 0. The Balaban J connectivity index is 1.84. The third kappa shape index (κ3) is 4.29. The Kier molecular flexibility index (Phi) is 6.56. The Bertz CT molecular complexity index is 906. The van der Waals surface area contributed by atoms with Gasteiger partial charge in [-0.25, -0.2) is 4.98 Å². The number of piperazine rings is 1. The summed E-state index contributed by atoms with van der Waals surface area (Å²) in [6.07, 6.45) is 2.26. The van der Waals surface area contributed by atoms with E-state index in [0.29, 0.717) is 49.7 Å². The minimum atomic E-state index is -0.543. The van der Waals surface area contributed by atoms with Gasteiger partial charge in [-0.05, 0) is 31.0 Å². The predicted molar refractivity (Wildman–Crippen MR) is 117 cm³/mol. The molecular weight excluding hydrogens is 390 g/mol. The molecule has 0 aromatic carbocycles. The number of hydrogen-bond acceptors (Lipinski definition) is 8. The van der Waals surface area contributed by atoms with E-state index in [2.05, 4.69) is 11.8 Å². The molecular formula is C19H29N7O2S. The normalized spacial score (nSPS) is 15.7. The van der Waals surface area contributed by atoms with Crippen molar-refractivity contribution in [3.05, 3.63) is 16.5 Å². The number of aromatic nitrogens is 1. The standard InChI is InChI=1S/C19H29N7O2S/c1-2-3-11-10-13(24-18-14(11)15(22)16(29-18)17(23)27)25-6-8-26(9-7-25)19(28)12(21)4-5-20/h10,12H,2-9,20-22H2,1H3,(H2,23,27). The highest BCUT2D eigenvalue weighted by Crippen LogP contribution is 2.37. The summed E-state index contributed by atoms with van der Waals surface area (Å²) < 4.78 is 0. The Morgan fingerprint density at radius 2 is 1.97 bits per heavy atom. The van der Waals surface area contributed by atoms with Crippen molar-refractivity contribution >= 4 is 44.9 Å². The molecule has 0 bridgehead atoms. The summed E-state index contributed by atoms with van der Waals surface area (Å²) in [4.78, 5) is 33.9. The summed E-state index contributed by atoms with van der Waals surface area (Å²) in [6.45, 7) is 4.98. The molecule has 0 spiro atoms. The molecule has 0 saturated carbocycles. The molecule has 10 heteroatoms. The van der Waals surface area contributed by atoms with E-state index < -0.39 is 11.9 Å². The van der Waals surface area contributed by atoms with Crippen LogP contribution in [0.4, 0.5) is 11.5 Å². The maximum absolute atomic E-state index is 12.4. The monoisotopic (exact) mass is 419 g/mol. The second kappa shape index (κ2) is 8.93. The van der Waals surface area contributed by atoms with E-state index >= 15 is 0 Å². The number of nitrogen functional groups attached to an aromatic ring is 1. The lowest BCUT2D eigenvalue weighted by Crippen LogP contribution is -2.53. The molecule has 1 saturated heterocycles. The molecule has 2 aromatic rings. The maximum atomic E-state index is 12.4. The number of primary amides is 1. The minimum Gasteiger partial charge on any atom is -0.397 e. The average Bonchev–Trinajstić information content (AvgIpc) is 3.05. The van der Waals surface area contributed by atoms with Crippen LogP contribution in [-0.2, 0) is 11.2 Å². The first kappa shape index (κ1) is 21.3. The van der Waals surface area contributed by atoms with Gasteiger partial charge in [-0.1, -0.05) is 13.3 Å². The fraction of sp³-hybridized carbons (Fsp3) is 0.526. The zero-order valence-electron chi connectivity index (χ0n) is 16.7. The smallest absolute Gasteiger partial charge is 0.260 e. The van der Waals surface area contributed by atoms with Crippen molar-refractivity contribution in [1.29, 1.82) is 0 Å². The highest BCUT2D eigenvalue weighted by Gasteiger charge is 2.26.